The van der Waals surface area contributed by atoms with E-state index in [0.29, 0.717) is 12.1 Å². The van der Waals surface area contributed by atoms with Crippen LogP contribution in [0.5, 0.6) is 5.75 Å². The second-order valence-corrected chi connectivity index (χ2v) is 5.55. The molecule has 1 atom stereocenters. The van der Waals surface area contributed by atoms with E-state index < -0.39 is 6.10 Å². The van der Waals surface area contributed by atoms with Crippen molar-refractivity contribution in [3.05, 3.63) is 59.2 Å². The van der Waals surface area contributed by atoms with Crippen molar-refractivity contribution in [2.75, 3.05) is 5.32 Å². The summed E-state index contributed by atoms with van der Waals surface area (Å²) >= 11 is 0. The molecule has 1 N–H and O–H groups in total. The fraction of sp³-hybridized carbons (Fsp3) is 0.263. The van der Waals surface area contributed by atoms with Gasteiger partial charge in [0.1, 0.15) is 5.75 Å². The van der Waals surface area contributed by atoms with E-state index in [1.54, 1.807) is 19.1 Å². The maximum Gasteiger partial charge on any atom is 0.265 e. The quantitative estimate of drug-likeness (QED) is 0.914. The van der Waals surface area contributed by atoms with Crippen molar-refractivity contribution in [3.8, 4) is 11.8 Å². The van der Waals surface area contributed by atoms with Gasteiger partial charge in [0.25, 0.3) is 5.91 Å². The molecule has 4 heteroatoms. The van der Waals surface area contributed by atoms with Gasteiger partial charge in [0.2, 0.25) is 0 Å². The molecule has 0 aliphatic carbocycles. The molecule has 0 saturated carbocycles. The average Bonchev–Trinajstić information content (AvgIpc) is 2.53. The molecular formula is C19H20N2O2. The third-order valence-electron chi connectivity index (χ3n) is 3.52. The second kappa shape index (κ2) is 7.46. The molecule has 0 spiro atoms. The number of anilines is 1. The zero-order valence-electron chi connectivity index (χ0n) is 13.6. The van der Waals surface area contributed by atoms with Gasteiger partial charge in [-0.2, -0.15) is 5.26 Å². The minimum Gasteiger partial charge on any atom is -0.481 e. The predicted octanol–water partition coefficient (Wildman–Crippen LogP) is 3.78. The Bertz CT molecular complexity index is 730. The van der Waals surface area contributed by atoms with E-state index in [-0.39, 0.29) is 5.91 Å². The van der Waals surface area contributed by atoms with Crippen LogP contribution in [0.3, 0.4) is 0 Å². The van der Waals surface area contributed by atoms with Crippen LogP contribution in [-0.4, -0.2) is 12.0 Å². The van der Waals surface area contributed by atoms with Gasteiger partial charge in [-0.05, 0) is 55.7 Å². The minimum absolute atomic E-state index is 0.209. The molecule has 0 bridgehead atoms. The summed E-state index contributed by atoms with van der Waals surface area (Å²) in [6.45, 7) is 5.66. The highest BCUT2D eigenvalue weighted by Gasteiger charge is 2.16. The zero-order chi connectivity index (χ0) is 16.8. The lowest BCUT2D eigenvalue weighted by molar-refractivity contribution is -0.122. The van der Waals surface area contributed by atoms with E-state index in [4.69, 9.17) is 10.00 Å². The molecule has 0 radical (unpaired) electrons. The van der Waals surface area contributed by atoms with E-state index in [9.17, 15) is 4.79 Å². The first-order chi connectivity index (χ1) is 11.0. The molecule has 0 aromatic heterocycles. The standard InChI is InChI=1S/C19H20N2O2/c1-13-4-5-14(2)18(12-13)23-15(3)19(22)21-17-8-6-16(7-9-17)10-11-20/h4-9,12,15H,10H2,1-3H3,(H,21,22)/t15-/m0/s1. The smallest absolute Gasteiger partial charge is 0.265 e. The molecule has 0 aliphatic rings. The molecule has 1 amide bonds. The van der Waals surface area contributed by atoms with E-state index in [1.165, 1.54) is 0 Å². The van der Waals surface area contributed by atoms with Crippen molar-refractivity contribution in [1.82, 2.24) is 0 Å². The van der Waals surface area contributed by atoms with Crippen LogP contribution in [0.2, 0.25) is 0 Å². The van der Waals surface area contributed by atoms with Crippen molar-refractivity contribution >= 4 is 11.6 Å². The number of rotatable bonds is 5. The first-order valence-electron chi connectivity index (χ1n) is 7.50. The monoisotopic (exact) mass is 308 g/mol. The Hall–Kier alpha value is -2.80. The number of hydrogen-bond acceptors (Lipinski definition) is 3. The topological polar surface area (TPSA) is 62.1 Å². The summed E-state index contributed by atoms with van der Waals surface area (Å²) < 4.78 is 5.77. The van der Waals surface area contributed by atoms with Crippen LogP contribution in [0.1, 0.15) is 23.6 Å². The van der Waals surface area contributed by atoms with Crippen molar-refractivity contribution in [2.24, 2.45) is 0 Å². The van der Waals surface area contributed by atoms with Crippen LogP contribution in [0.4, 0.5) is 5.69 Å². The van der Waals surface area contributed by atoms with Gasteiger partial charge < -0.3 is 10.1 Å². The fourth-order valence-electron chi connectivity index (χ4n) is 2.12. The SMILES string of the molecule is Cc1ccc(C)c(O[C@@H](C)C(=O)Nc2ccc(CC#N)cc2)c1. The Kier molecular flexibility index (Phi) is 5.37. The molecule has 0 unspecified atom stereocenters. The first-order valence-corrected chi connectivity index (χ1v) is 7.50. The van der Waals surface area contributed by atoms with Crippen LogP contribution in [0.25, 0.3) is 0 Å². The third kappa shape index (κ3) is 4.58. The number of hydrogen-bond donors (Lipinski definition) is 1. The number of nitriles is 1. The predicted molar refractivity (Wildman–Crippen MR) is 90.4 cm³/mol. The molecule has 4 nitrogen and oxygen atoms in total. The summed E-state index contributed by atoms with van der Waals surface area (Å²) in [5.41, 5.74) is 3.70. The van der Waals surface area contributed by atoms with E-state index in [1.807, 2.05) is 44.2 Å². The third-order valence-corrected chi connectivity index (χ3v) is 3.52. The number of aryl methyl sites for hydroxylation is 2. The number of nitrogens with zero attached hydrogens (tertiary/aromatic N) is 1. The van der Waals surface area contributed by atoms with Crippen LogP contribution >= 0.6 is 0 Å². The van der Waals surface area contributed by atoms with Gasteiger partial charge in [-0.25, -0.2) is 0 Å². The number of nitrogens with one attached hydrogen (secondary N) is 1. The number of benzene rings is 2. The lowest BCUT2D eigenvalue weighted by Gasteiger charge is -2.17. The Morgan fingerprint density at radius 1 is 1.22 bits per heavy atom. The first kappa shape index (κ1) is 16.6. The molecule has 0 aliphatic heterocycles. The van der Waals surface area contributed by atoms with E-state index in [2.05, 4.69) is 11.4 Å². The average molecular weight is 308 g/mol. The number of amides is 1. The van der Waals surface area contributed by atoms with Gasteiger partial charge in [-0.3, -0.25) is 4.79 Å². The fourth-order valence-corrected chi connectivity index (χ4v) is 2.12. The van der Waals surface area contributed by atoms with Crippen molar-refractivity contribution in [3.63, 3.8) is 0 Å². The molecule has 0 heterocycles. The van der Waals surface area contributed by atoms with Gasteiger partial charge in [0, 0.05) is 5.69 Å². The van der Waals surface area contributed by atoms with Crippen molar-refractivity contribution in [1.29, 1.82) is 5.26 Å². The second-order valence-electron chi connectivity index (χ2n) is 5.55. The summed E-state index contributed by atoms with van der Waals surface area (Å²) in [7, 11) is 0. The number of ether oxygens (including phenoxy) is 1. The van der Waals surface area contributed by atoms with Gasteiger partial charge in [-0.1, -0.05) is 24.3 Å². The largest absolute Gasteiger partial charge is 0.481 e. The molecular weight excluding hydrogens is 288 g/mol. The highest BCUT2D eigenvalue weighted by atomic mass is 16.5. The molecule has 118 valence electrons. The molecule has 2 aromatic carbocycles. The molecule has 0 fully saturated rings. The van der Waals surface area contributed by atoms with Crippen molar-refractivity contribution < 1.29 is 9.53 Å². The summed E-state index contributed by atoms with van der Waals surface area (Å²) in [5, 5.41) is 11.5. The van der Waals surface area contributed by atoms with Crippen LogP contribution in [0.15, 0.2) is 42.5 Å². The number of carbonyl (C=O) groups excluding carboxylic acids is 1. The summed E-state index contributed by atoms with van der Waals surface area (Å²) in [4.78, 5) is 12.2. The Labute approximate surface area is 136 Å². The summed E-state index contributed by atoms with van der Waals surface area (Å²) in [6, 6.07) is 15.2. The number of carbonyl (C=O) groups is 1. The van der Waals surface area contributed by atoms with E-state index >= 15 is 0 Å². The van der Waals surface area contributed by atoms with Crippen molar-refractivity contribution in [2.45, 2.75) is 33.3 Å². The highest BCUT2D eigenvalue weighted by molar-refractivity contribution is 5.94. The maximum atomic E-state index is 12.2. The molecule has 23 heavy (non-hydrogen) atoms. The molecule has 2 aromatic rings. The summed E-state index contributed by atoms with van der Waals surface area (Å²) in [5.74, 6) is 0.510. The Morgan fingerprint density at radius 3 is 2.57 bits per heavy atom. The molecule has 2 rings (SSSR count). The maximum absolute atomic E-state index is 12.2. The summed E-state index contributed by atoms with van der Waals surface area (Å²) in [6.07, 6.45) is -0.241. The van der Waals surface area contributed by atoms with Crippen LogP contribution in [-0.2, 0) is 11.2 Å². The van der Waals surface area contributed by atoms with Crippen LogP contribution < -0.4 is 10.1 Å². The Balaban J connectivity index is 1.99. The van der Waals surface area contributed by atoms with Crippen LogP contribution in [0, 0.1) is 25.2 Å². The molecule has 0 saturated heterocycles. The zero-order valence-corrected chi connectivity index (χ0v) is 13.6. The van der Waals surface area contributed by atoms with E-state index in [0.717, 1.165) is 22.4 Å². The van der Waals surface area contributed by atoms with Gasteiger partial charge in [-0.15, -0.1) is 0 Å². The normalized spacial score (nSPS) is 11.4. The van der Waals surface area contributed by atoms with Gasteiger partial charge >= 0.3 is 0 Å². The minimum atomic E-state index is -0.603. The lowest BCUT2D eigenvalue weighted by Crippen LogP contribution is -2.30. The van der Waals surface area contributed by atoms with Gasteiger partial charge in [0.15, 0.2) is 6.10 Å². The lowest BCUT2D eigenvalue weighted by atomic mass is 10.1. The highest BCUT2D eigenvalue weighted by Crippen LogP contribution is 2.21. The Morgan fingerprint density at radius 2 is 1.91 bits per heavy atom. The van der Waals surface area contributed by atoms with Gasteiger partial charge in [0.05, 0.1) is 12.5 Å².